The highest BCUT2D eigenvalue weighted by Crippen LogP contribution is 1.97. The van der Waals surface area contributed by atoms with Gasteiger partial charge in [0.2, 0.25) is 0 Å². The van der Waals surface area contributed by atoms with Crippen molar-refractivity contribution in [2.45, 2.75) is 13.8 Å². The molecule has 0 amide bonds. The zero-order chi connectivity index (χ0) is 12.4. The highest BCUT2D eigenvalue weighted by molar-refractivity contribution is 5.86. The first-order chi connectivity index (χ1) is 7.61. The van der Waals surface area contributed by atoms with Gasteiger partial charge in [-0.25, -0.2) is 4.79 Å². The van der Waals surface area contributed by atoms with Gasteiger partial charge < -0.3 is 4.74 Å². The second kappa shape index (κ2) is 8.48. The van der Waals surface area contributed by atoms with Crippen molar-refractivity contribution in [1.82, 2.24) is 0 Å². The third kappa shape index (κ3) is 6.60. The summed E-state index contributed by atoms with van der Waals surface area (Å²) in [5.74, 6) is -0.312. The molecule has 0 radical (unpaired) electrons. The lowest BCUT2D eigenvalue weighted by atomic mass is 10.2. The van der Waals surface area contributed by atoms with E-state index in [1.807, 2.05) is 36.4 Å². The lowest BCUT2D eigenvalue weighted by Crippen LogP contribution is -2.03. The van der Waals surface area contributed by atoms with E-state index in [0.717, 1.165) is 0 Å². The number of benzene rings is 1. The Hall–Kier alpha value is -1.83. The largest absolute Gasteiger partial charge is 0.463 e. The molecular formula is C14H18O2. The molecule has 86 valence electrons. The summed E-state index contributed by atoms with van der Waals surface area (Å²) in [6, 6.07) is 10.0. The molecule has 0 fully saturated rings. The van der Waals surface area contributed by atoms with Crippen LogP contribution in [-0.4, -0.2) is 12.6 Å². The molecule has 0 atom stereocenters. The average molecular weight is 218 g/mol. The zero-order valence-corrected chi connectivity index (χ0v) is 9.90. The minimum Gasteiger partial charge on any atom is -0.463 e. The van der Waals surface area contributed by atoms with Gasteiger partial charge in [0, 0.05) is 5.57 Å². The van der Waals surface area contributed by atoms with E-state index in [0.29, 0.717) is 12.2 Å². The van der Waals surface area contributed by atoms with Gasteiger partial charge in [0.25, 0.3) is 0 Å². The van der Waals surface area contributed by atoms with Gasteiger partial charge in [-0.1, -0.05) is 49.6 Å². The maximum atomic E-state index is 10.4. The van der Waals surface area contributed by atoms with Crippen LogP contribution in [0.1, 0.15) is 19.4 Å². The summed E-state index contributed by atoms with van der Waals surface area (Å²) in [4.78, 5) is 10.4. The zero-order valence-electron chi connectivity index (χ0n) is 9.90. The summed E-state index contributed by atoms with van der Waals surface area (Å²) in [6.07, 6.45) is 1.83. The van der Waals surface area contributed by atoms with Crippen LogP contribution in [0.2, 0.25) is 0 Å². The number of carbonyl (C=O) groups excluding carboxylic acids is 1. The number of ether oxygens (including phenoxy) is 1. The Bertz CT molecular complexity index is 339. The summed E-state index contributed by atoms with van der Waals surface area (Å²) >= 11 is 0. The SMILES string of the molecule is C=C(C)C(=O)OCC.C=Cc1ccccc1. The minimum absolute atomic E-state index is 0.312. The summed E-state index contributed by atoms with van der Waals surface area (Å²) in [6.45, 7) is 10.8. The van der Waals surface area contributed by atoms with Crippen LogP contribution in [0.15, 0.2) is 49.1 Å². The van der Waals surface area contributed by atoms with E-state index in [2.05, 4.69) is 17.9 Å². The van der Waals surface area contributed by atoms with Crippen molar-refractivity contribution in [1.29, 1.82) is 0 Å². The van der Waals surface area contributed by atoms with Crippen LogP contribution < -0.4 is 0 Å². The standard InChI is InChI=1S/C8H8.C6H10O2/c1-2-8-6-4-3-5-7-8;1-4-8-6(7)5(2)3/h2-7H,1H2;2,4H2,1,3H3. The molecule has 0 spiro atoms. The van der Waals surface area contributed by atoms with Crippen LogP contribution in [0.4, 0.5) is 0 Å². The summed E-state index contributed by atoms with van der Waals surface area (Å²) in [5.41, 5.74) is 1.62. The van der Waals surface area contributed by atoms with Crippen LogP contribution >= 0.6 is 0 Å². The van der Waals surface area contributed by atoms with Crippen LogP contribution in [0.3, 0.4) is 0 Å². The van der Waals surface area contributed by atoms with Gasteiger partial charge in [-0.3, -0.25) is 0 Å². The molecule has 0 aliphatic heterocycles. The molecule has 0 saturated carbocycles. The fourth-order valence-corrected chi connectivity index (χ4v) is 0.843. The molecule has 2 heteroatoms. The third-order valence-electron chi connectivity index (χ3n) is 1.66. The van der Waals surface area contributed by atoms with E-state index < -0.39 is 0 Å². The molecule has 0 N–H and O–H groups in total. The molecule has 1 aromatic rings. The van der Waals surface area contributed by atoms with Crippen molar-refractivity contribution < 1.29 is 9.53 Å². The second-order valence-corrected chi connectivity index (χ2v) is 3.12. The molecule has 0 aliphatic carbocycles. The van der Waals surface area contributed by atoms with Crippen molar-refractivity contribution in [3.05, 3.63) is 54.6 Å². The molecule has 0 aliphatic rings. The van der Waals surface area contributed by atoms with Gasteiger partial charge >= 0.3 is 5.97 Å². The summed E-state index contributed by atoms with van der Waals surface area (Å²) < 4.78 is 4.56. The van der Waals surface area contributed by atoms with Crippen LogP contribution in [0, 0.1) is 0 Å². The van der Waals surface area contributed by atoms with E-state index in [4.69, 9.17) is 0 Å². The molecule has 1 rings (SSSR count). The monoisotopic (exact) mass is 218 g/mol. The second-order valence-electron chi connectivity index (χ2n) is 3.12. The van der Waals surface area contributed by atoms with E-state index in [9.17, 15) is 4.79 Å². The lowest BCUT2D eigenvalue weighted by Gasteiger charge is -1.96. The molecule has 0 unspecified atom stereocenters. The van der Waals surface area contributed by atoms with Crippen LogP contribution in [0.25, 0.3) is 6.08 Å². The predicted octanol–water partition coefficient (Wildman–Crippen LogP) is 3.46. The Morgan fingerprint density at radius 1 is 1.38 bits per heavy atom. The normalized spacial score (nSPS) is 8.38. The quantitative estimate of drug-likeness (QED) is 0.573. The summed E-state index contributed by atoms with van der Waals surface area (Å²) in [7, 11) is 0. The van der Waals surface area contributed by atoms with Gasteiger partial charge in [-0.05, 0) is 19.4 Å². The minimum atomic E-state index is -0.312. The highest BCUT2D eigenvalue weighted by Gasteiger charge is 1.98. The Kier molecular flexibility index (Phi) is 7.51. The average Bonchev–Trinajstić information content (AvgIpc) is 2.31. The Labute approximate surface area is 97.3 Å². The molecule has 1 aromatic carbocycles. The van der Waals surface area contributed by atoms with Gasteiger partial charge in [0.05, 0.1) is 6.61 Å². The first-order valence-electron chi connectivity index (χ1n) is 5.12. The molecule has 0 heterocycles. The maximum absolute atomic E-state index is 10.4. The number of hydrogen-bond acceptors (Lipinski definition) is 2. The third-order valence-corrected chi connectivity index (χ3v) is 1.66. The number of esters is 1. The molecular weight excluding hydrogens is 200 g/mol. The predicted molar refractivity (Wildman–Crippen MR) is 68.0 cm³/mol. The first kappa shape index (κ1) is 14.2. The van der Waals surface area contributed by atoms with Gasteiger partial charge in [0.1, 0.15) is 0 Å². The topological polar surface area (TPSA) is 26.3 Å². The molecule has 0 saturated heterocycles. The summed E-state index contributed by atoms with van der Waals surface area (Å²) in [5, 5.41) is 0. The maximum Gasteiger partial charge on any atom is 0.333 e. The Morgan fingerprint density at radius 3 is 2.19 bits per heavy atom. The number of hydrogen-bond donors (Lipinski definition) is 0. The lowest BCUT2D eigenvalue weighted by molar-refractivity contribution is -0.138. The molecule has 0 bridgehead atoms. The van der Waals surface area contributed by atoms with Gasteiger partial charge in [-0.2, -0.15) is 0 Å². The van der Waals surface area contributed by atoms with E-state index in [-0.39, 0.29) is 5.97 Å². The number of carbonyl (C=O) groups is 1. The van der Waals surface area contributed by atoms with E-state index in [1.165, 1.54) is 5.56 Å². The van der Waals surface area contributed by atoms with Gasteiger partial charge in [0.15, 0.2) is 0 Å². The van der Waals surface area contributed by atoms with E-state index >= 15 is 0 Å². The van der Waals surface area contributed by atoms with Crippen molar-refractivity contribution >= 4 is 12.0 Å². The smallest absolute Gasteiger partial charge is 0.333 e. The van der Waals surface area contributed by atoms with Gasteiger partial charge in [-0.15, -0.1) is 0 Å². The number of rotatable bonds is 3. The van der Waals surface area contributed by atoms with Crippen molar-refractivity contribution in [3.8, 4) is 0 Å². The molecule has 16 heavy (non-hydrogen) atoms. The van der Waals surface area contributed by atoms with Crippen molar-refractivity contribution in [2.75, 3.05) is 6.61 Å². The molecule has 0 aromatic heterocycles. The fourth-order valence-electron chi connectivity index (χ4n) is 0.843. The van der Waals surface area contributed by atoms with E-state index in [1.54, 1.807) is 13.8 Å². The Morgan fingerprint density at radius 2 is 1.94 bits per heavy atom. The van der Waals surface area contributed by atoms with Crippen molar-refractivity contribution in [2.24, 2.45) is 0 Å². The molecule has 2 nitrogen and oxygen atoms in total. The highest BCUT2D eigenvalue weighted by atomic mass is 16.5. The first-order valence-corrected chi connectivity index (χ1v) is 5.12. The Balaban J connectivity index is 0.000000281. The van der Waals surface area contributed by atoms with Crippen LogP contribution in [0.5, 0.6) is 0 Å². The van der Waals surface area contributed by atoms with Crippen LogP contribution in [-0.2, 0) is 9.53 Å². The van der Waals surface area contributed by atoms with Crippen molar-refractivity contribution in [3.63, 3.8) is 0 Å². The fraction of sp³-hybridized carbons (Fsp3) is 0.214.